The van der Waals surface area contributed by atoms with Crippen molar-refractivity contribution in [3.63, 3.8) is 0 Å². The van der Waals surface area contributed by atoms with Crippen molar-refractivity contribution >= 4 is 31.1 Å². The minimum absolute atomic E-state index is 0. The van der Waals surface area contributed by atoms with E-state index in [1.165, 1.54) is 71.6 Å². The van der Waals surface area contributed by atoms with Gasteiger partial charge in [0.15, 0.2) is 0 Å². The molecule has 0 amide bonds. The molecule has 0 aliphatic rings. The number of hydrogen-bond donors (Lipinski definition) is 0. The summed E-state index contributed by atoms with van der Waals surface area (Å²) >= 11 is 0. The maximum absolute atomic E-state index is 2.36. The predicted molar refractivity (Wildman–Crippen MR) is 213 cm³/mol. The van der Waals surface area contributed by atoms with Crippen LogP contribution >= 0.6 is 0 Å². The van der Waals surface area contributed by atoms with Crippen molar-refractivity contribution in [2.45, 2.75) is 106 Å². The standard InChI is InChI=1S/2C22H25.C2H6Si.Zr/c1-15(2)18-13-17-7-6-8-20(21(17)14-18)16-9-11-19(12-10-16)22(3,4)5;1-6-16-13-20-15(2)7-12-19(21(20)14-16)17-8-10-18(11-9-17)22(3,4)5;1-3-2;/h6-15H,1-5H3;7-14H,6H2,1-5H3;1-2H3;/q2*-1;;+2. The molecule has 0 aliphatic carbocycles. The third kappa shape index (κ3) is 9.46. The topological polar surface area (TPSA) is 0 Å². The van der Waals surface area contributed by atoms with Crippen molar-refractivity contribution in [2.75, 3.05) is 0 Å². The maximum Gasteiger partial charge on any atom is 2.00 e. The van der Waals surface area contributed by atoms with E-state index in [-0.39, 0.29) is 37.0 Å². The van der Waals surface area contributed by atoms with Crippen LogP contribution in [-0.4, -0.2) is 9.52 Å². The molecule has 0 spiro atoms. The molecule has 0 nitrogen and oxygen atoms in total. The van der Waals surface area contributed by atoms with Crippen molar-refractivity contribution in [3.05, 3.63) is 131 Å². The molecular weight excluding hydrogens is 672 g/mol. The first-order chi connectivity index (χ1) is 22.2. The van der Waals surface area contributed by atoms with E-state index in [0.29, 0.717) is 5.92 Å². The Labute approximate surface area is 314 Å². The second kappa shape index (κ2) is 16.7. The number of fused-ring (bicyclic) bond motifs is 2. The maximum atomic E-state index is 2.36. The van der Waals surface area contributed by atoms with Gasteiger partial charge in [0.05, 0.1) is 0 Å². The molecule has 6 rings (SSSR count). The minimum Gasteiger partial charge on any atom is -0.164 e. The van der Waals surface area contributed by atoms with Crippen LogP contribution in [0.4, 0.5) is 0 Å². The van der Waals surface area contributed by atoms with E-state index in [4.69, 9.17) is 0 Å². The fraction of sp³-hybridized carbons (Fsp3) is 0.348. The molecule has 2 heteroatoms. The Morgan fingerprint density at radius 2 is 1.15 bits per heavy atom. The van der Waals surface area contributed by atoms with Gasteiger partial charge in [0.25, 0.3) is 0 Å². The molecule has 0 fully saturated rings. The summed E-state index contributed by atoms with van der Waals surface area (Å²) in [7, 11) is 1.08. The number of aryl methyl sites for hydroxylation is 2. The van der Waals surface area contributed by atoms with Crippen molar-refractivity contribution in [3.8, 4) is 22.3 Å². The van der Waals surface area contributed by atoms with Gasteiger partial charge in [-0.05, 0) is 45.4 Å². The fourth-order valence-corrected chi connectivity index (χ4v) is 6.10. The second-order valence-electron chi connectivity index (χ2n) is 15.4. The number of hydrogen-bond acceptors (Lipinski definition) is 0. The summed E-state index contributed by atoms with van der Waals surface area (Å²) in [5.74, 6) is 0.573. The molecule has 0 saturated heterocycles. The average molecular weight is 728 g/mol. The summed E-state index contributed by atoms with van der Waals surface area (Å²) in [5.41, 5.74) is 12.7. The monoisotopic (exact) mass is 726 g/mol. The Kier molecular flexibility index (Phi) is 13.8. The van der Waals surface area contributed by atoms with E-state index in [0.717, 1.165) is 15.9 Å². The van der Waals surface area contributed by atoms with Gasteiger partial charge in [-0.2, -0.15) is 12.1 Å². The SMILES string of the molecule is CC(C)c1cc2c(-c3ccc(C(C)(C)C)cc3)cccc2[cH-]1.CCc1cc2c(-c3ccc(C(C)(C)C)cc3)ccc(C)c2[cH-]1.C[Si]C.[Zr+2]. The number of rotatable bonds is 4. The summed E-state index contributed by atoms with van der Waals surface area (Å²) in [5, 5.41) is 5.51. The van der Waals surface area contributed by atoms with E-state index in [9.17, 15) is 0 Å². The smallest absolute Gasteiger partial charge is 0.164 e. The molecule has 0 N–H and O–H groups in total. The van der Waals surface area contributed by atoms with Gasteiger partial charge in [-0.15, -0.1) is 68.6 Å². The molecule has 0 bridgehead atoms. The first-order valence-electron chi connectivity index (χ1n) is 17.4. The molecule has 48 heavy (non-hydrogen) atoms. The summed E-state index contributed by atoms with van der Waals surface area (Å²) in [6.07, 6.45) is 1.09. The molecule has 2 radical (unpaired) electrons. The zero-order valence-electron chi connectivity index (χ0n) is 31.6. The van der Waals surface area contributed by atoms with E-state index in [1.54, 1.807) is 0 Å². The van der Waals surface area contributed by atoms with E-state index < -0.39 is 0 Å². The summed E-state index contributed by atoms with van der Waals surface area (Å²) in [6.45, 7) is 26.8. The normalized spacial score (nSPS) is 11.5. The molecule has 0 saturated carbocycles. The van der Waals surface area contributed by atoms with Crippen LogP contribution in [-0.2, 0) is 43.5 Å². The van der Waals surface area contributed by atoms with Crippen molar-refractivity contribution in [2.24, 2.45) is 0 Å². The number of benzene rings is 4. The average Bonchev–Trinajstić information content (AvgIpc) is 3.67. The van der Waals surface area contributed by atoms with Crippen LogP contribution in [0.3, 0.4) is 0 Å². The van der Waals surface area contributed by atoms with E-state index in [2.05, 4.69) is 185 Å². The molecule has 0 aliphatic heterocycles. The van der Waals surface area contributed by atoms with Gasteiger partial charge < -0.3 is 0 Å². The van der Waals surface area contributed by atoms with Gasteiger partial charge in [-0.3, -0.25) is 0 Å². The molecule has 0 unspecified atom stereocenters. The van der Waals surface area contributed by atoms with Crippen LogP contribution in [0.15, 0.2) is 103 Å². The van der Waals surface area contributed by atoms with Crippen LogP contribution in [0.5, 0.6) is 0 Å². The van der Waals surface area contributed by atoms with Gasteiger partial charge in [0.1, 0.15) is 0 Å². The largest absolute Gasteiger partial charge is 2.00 e. The van der Waals surface area contributed by atoms with Crippen LogP contribution in [0.2, 0.25) is 13.1 Å². The van der Waals surface area contributed by atoms with Gasteiger partial charge >= 0.3 is 26.2 Å². The summed E-state index contributed by atoms with van der Waals surface area (Å²) < 4.78 is 0. The van der Waals surface area contributed by atoms with Crippen LogP contribution in [0.1, 0.15) is 96.0 Å². The van der Waals surface area contributed by atoms with Crippen LogP contribution in [0.25, 0.3) is 43.8 Å². The van der Waals surface area contributed by atoms with E-state index >= 15 is 0 Å². The van der Waals surface area contributed by atoms with Gasteiger partial charge in [-0.1, -0.05) is 154 Å². The Balaban J connectivity index is 0.000000236. The molecular formula is C46H56SiZr. The molecule has 6 aromatic rings. The Hall–Kier alpha value is -2.80. The first kappa shape index (κ1) is 39.6. The second-order valence-corrected chi connectivity index (χ2v) is 16.4. The third-order valence-corrected chi connectivity index (χ3v) is 9.14. The fourth-order valence-electron chi connectivity index (χ4n) is 6.10. The Bertz CT molecular complexity index is 1880. The predicted octanol–water partition coefficient (Wildman–Crippen LogP) is 13.8. The van der Waals surface area contributed by atoms with Gasteiger partial charge in [-0.25, -0.2) is 0 Å². The molecule has 0 atom stereocenters. The van der Waals surface area contributed by atoms with Crippen molar-refractivity contribution in [1.82, 2.24) is 0 Å². The molecule has 0 aromatic heterocycles. The Morgan fingerprint density at radius 3 is 1.60 bits per heavy atom. The zero-order valence-corrected chi connectivity index (χ0v) is 35.1. The molecule has 248 valence electrons. The van der Waals surface area contributed by atoms with E-state index in [1.807, 2.05) is 0 Å². The van der Waals surface area contributed by atoms with Crippen molar-refractivity contribution < 1.29 is 26.2 Å². The van der Waals surface area contributed by atoms with Crippen LogP contribution in [0, 0.1) is 6.92 Å². The third-order valence-electron chi connectivity index (χ3n) is 9.14. The Morgan fingerprint density at radius 1 is 0.646 bits per heavy atom. The zero-order chi connectivity index (χ0) is 34.5. The summed E-state index contributed by atoms with van der Waals surface area (Å²) in [6, 6.07) is 38.6. The van der Waals surface area contributed by atoms with Crippen molar-refractivity contribution in [1.29, 1.82) is 0 Å². The van der Waals surface area contributed by atoms with Crippen LogP contribution < -0.4 is 0 Å². The van der Waals surface area contributed by atoms with Gasteiger partial charge in [0, 0.05) is 9.52 Å². The quantitative estimate of drug-likeness (QED) is 0.125. The molecule has 6 aromatic carbocycles. The van der Waals surface area contributed by atoms with Gasteiger partial charge in [0.2, 0.25) is 0 Å². The summed E-state index contributed by atoms with van der Waals surface area (Å²) in [4.78, 5) is 0. The molecule has 0 heterocycles. The first-order valence-corrected chi connectivity index (χ1v) is 19.4. The minimum atomic E-state index is 0.